The fraction of sp³-hybridized carbons (Fsp3) is 0.300. The number of carboxylic acids is 1. The van der Waals surface area contributed by atoms with Gasteiger partial charge < -0.3 is 9.84 Å². The maximum atomic E-state index is 11.9. The Bertz CT molecular complexity index is 529. The maximum absolute atomic E-state index is 11.9. The van der Waals surface area contributed by atoms with Gasteiger partial charge in [-0.05, 0) is 24.3 Å². The van der Waals surface area contributed by atoms with Crippen LogP contribution in [0.3, 0.4) is 0 Å². The van der Waals surface area contributed by atoms with E-state index in [9.17, 15) is 22.0 Å². The number of alkyl halides is 2. The first kappa shape index (κ1) is 15.2. The van der Waals surface area contributed by atoms with Gasteiger partial charge in [-0.15, -0.1) is 0 Å². The Kier molecular flexibility index (Phi) is 5.04. The second kappa shape index (κ2) is 6.32. The molecule has 1 aromatic carbocycles. The SMILES string of the molecule is O=C(O)CCS(=O)(=O)Nc1ccc(OC(F)F)cc1. The first-order valence-electron chi connectivity index (χ1n) is 5.06. The van der Waals surface area contributed by atoms with E-state index in [0.717, 1.165) is 0 Å². The molecular weight excluding hydrogens is 284 g/mol. The highest BCUT2D eigenvalue weighted by Gasteiger charge is 2.13. The zero-order valence-corrected chi connectivity index (χ0v) is 10.4. The average Bonchev–Trinajstić information content (AvgIpc) is 2.28. The Hall–Kier alpha value is -1.90. The summed E-state index contributed by atoms with van der Waals surface area (Å²) >= 11 is 0. The van der Waals surface area contributed by atoms with Gasteiger partial charge in [0.15, 0.2) is 0 Å². The zero-order chi connectivity index (χ0) is 14.5. The summed E-state index contributed by atoms with van der Waals surface area (Å²) in [6.07, 6.45) is -0.526. The Morgan fingerprint density at radius 1 is 1.32 bits per heavy atom. The first-order chi connectivity index (χ1) is 8.78. The standard InChI is InChI=1S/C10H11F2NO5S/c11-10(12)18-8-3-1-7(2-4-8)13-19(16,17)6-5-9(14)15/h1-4,10,13H,5-6H2,(H,14,15). The van der Waals surface area contributed by atoms with Crippen molar-refractivity contribution in [2.45, 2.75) is 13.0 Å². The van der Waals surface area contributed by atoms with Crippen molar-refractivity contribution < 1.29 is 31.8 Å². The molecule has 1 rings (SSSR count). The van der Waals surface area contributed by atoms with E-state index in [-0.39, 0.29) is 11.4 Å². The van der Waals surface area contributed by atoms with Gasteiger partial charge in [-0.2, -0.15) is 8.78 Å². The van der Waals surface area contributed by atoms with Gasteiger partial charge in [0, 0.05) is 5.69 Å². The van der Waals surface area contributed by atoms with Gasteiger partial charge in [0.05, 0.1) is 12.2 Å². The lowest BCUT2D eigenvalue weighted by Gasteiger charge is -2.08. The molecule has 0 fully saturated rings. The van der Waals surface area contributed by atoms with Crippen LogP contribution in [-0.4, -0.2) is 31.9 Å². The van der Waals surface area contributed by atoms with Crippen LogP contribution in [0, 0.1) is 0 Å². The fourth-order valence-electron chi connectivity index (χ4n) is 1.16. The highest BCUT2D eigenvalue weighted by molar-refractivity contribution is 7.92. The molecule has 0 aliphatic carbocycles. The van der Waals surface area contributed by atoms with E-state index >= 15 is 0 Å². The van der Waals surface area contributed by atoms with Gasteiger partial charge in [-0.1, -0.05) is 0 Å². The second-order valence-electron chi connectivity index (χ2n) is 3.47. The topological polar surface area (TPSA) is 92.7 Å². The minimum atomic E-state index is -3.79. The summed E-state index contributed by atoms with van der Waals surface area (Å²) in [7, 11) is -3.79. The van der Waals surface area contributed by atoms with E-state index in [4.69, 9.17) is 5.11 Å². The van der Waals surface area contributed by atoms with Crippen LogP contribution in [0.2, 0.25) is 0 Å². The molecular formula is C10H11F2NO5S. The van der Waals surface area contributed by atoms with Gasteiger partial charge in [0.1, 0.15) is 5.75 Å². The van der Waals surface area contributed by atoms with E-state index in [0.29, 0.717) is 0 Å². The minimum Gasteiger partial charge on any atom is -0.481 e. The lowest BCUT2D eigenvalue weighted by Crippen LogP contribution is -2.18. The van der Waals surface area contributed by atoms with Gasteiger partial charge in [0.25, 0.3) is 0 Å². The molecule has 1 aromatic rings. The quantitative estimate of drug-likeness (QED) is 0.795. The molecule has 0 unspecified atom stereocenters. The van der Waals surface area contributed by atoms with Crippen LogP contribution in [0.1, 0.15) is 6.42 Å². The van der Waals surface area contributed by atoms with E-state index in [1.165, 1.54) is 24.3 Å². The van der Waals surface area contributed by atoms with E-state index in [1.54, 1.807) is 0 Å². The molecule has 0 heterocycles. The normalized spacial score (nSPS) is 11.3. The Balaban J connectivity index is 2.64. The molecule has 6 nitrogen and oxygen atoms in total. The summed E-state index contributed by atoms with van der Waals surface area (Å²) < 4.78 is 52.9. The predicted octanol–water partition coefficient (Wildman–Crippen LogP) is 1.50. The molecule has 0 radical (unpaired) electrons. The Labute approximate surface area is 108 Å². The van der Waals surface area contributed by atoms with Crippen LogP contribution in [0.25, 0.3) is 0 Å². The van der Waals surface area contributed by atoms with E-state index < -0.39 is 34.8 Å². The molecule has 0 bridgehead atoms. The third-order valence-electron chi connectivity index (χ3n) is 1.94. The lowest BCUT2D eigenvalue weighted by molar-refractivity contribution is -0.136. The number of anilines is 1. The molecule has 0 aromatic heterocycles. The number of aliphatic carboxylic acids is 1. The van der Waals surface area contributed by atoms with Gasteiger partial charge in [-0.3, -0.25) is 9.52 Å². The van der Waals surface area contributed by atoms with Crippen LogP contribution in [-0.2, 0) is 14.8 Å². The Morgan fingerprint density at radius 2 is 1.89 bits per heavy atom. The molecule has 0 amide bonds. The van der Waals surface area contributed by atoms with Crippen molar-refractivity contribution in [1.29, 1.82) is 0 Å². The summed E-state index contributed by atoms with van der Waals surface area (Å²) in [6.45, 7) is -2.96. The monoisotopic (exact) mass is 295 g/mol. The van der Waals surface area contributed by atoms with E-state index in [2.05, 4.69) is 9.46 Å². The number of sulfonamides is 1. The maximum Gasteiger partial charge on any atom is 0.387 e. The highest BCUT2D eigenvalue weighted by Crippen LogP contribution is 2.18. The van der Waals surface area contributed by atoms with Crippen LogP contribution in [0.5, 0.6) is 5.75 Å². The molecule has 0 spiro atoms. The van der Waals surface area contributed by atoms with E-state index in [1.807, 2.05) is 0 Å². The second-order valence-corrected chi connectivity index (χ2v) is 5.31. The molecule has 9 heteroatoms. The predicted molar refractivity (Wildman–Crippen MR) is 62.7 cm³/mol. The third-order valence-corrected chi connectivity index (χ3v) is 3.23. The number of hydrogen-bond acceptors (Lipinski definition) is 4. The van der Waals surface area contributed by atoms with Crippen LogP contribution in [0.4, 0.5) is 14.5 Å². The molecule has 2 N–H and O–H groups in total. The third kappa shape index (κ3) is 6.00. The number of benzene rings is 1. The Morgan fingerprint density at radius 3 is 2.37 bits per heavy atom. The summed E-state index contributed by atoms with van der Waals surface area (Å²) in [6, 6.07) is 4.80. The number of rotatable bonds is 7. The van der Waals surface area contributed by atoms with Crippen molar-refractivity contribution in [3.8, 4) is 5.75 Å². The summed E-state index contributed by atoms with van der Waals surface area (Å²) in [5, 5.41) is 8.38. The van der Waals surface area contributed by atoms with Crippen molar-refractivity contribution in [1.82, 2.24) is 0 Å². The fourth-order valence-corrected chi connectivity index (χ4v) is 2.20. The highest BCUT2D eigenvalue weighted by atomic mass is 32.2. The minimum absolute atomic E-state index is 0.108. The van der Waals surface area contributed by atoms with Crippen LogP contribution in [0.15, 0.2) is 24.3 Å². The smallest absolute Gasteiger partial charge is 0.387 e. The van der Waals surface area contributed by atoms with Crippen molar-refractivity contribution in [3.05, 3.63) is 24.3 Å². The number of halogens is 2. The number of ether oxygens (including phenoxy) is 1. The largest absolute Gasteiger partial charge is 0.481 e. The first-order valence-corrected chi connectivity index (χ1v) is 6.71. The summed E-state index contributed by atoms with van der Waals surface area (Å²) in [5.41, 5.74) is 0.131. The summed E-state index contributed by atoms with van der Waals surface area (Å²) in [4.78, 5) is 10.3. The average molecular weight is 295 g/mol. The number of hydrogen-bond donors (Lipinski definition) is 2. The molecule has 0 aliphatic heterocycles. The molecule has 19 heavy (non-hydrogen) atoms. The van der Waals surface area contributed by atoms with Gasteiger partial charge in [0.2, 0.25) is 10.0 Å². The molecule has 0 saturated carbocycles. The number of nitrogens with one attached hydrogen (secondary N) is 1. The molecule has 0 aliphatic rings. The summed E-state index contributed by atoms with van der Waals surface area (Å²) in [5.74, 6) is -1.91. The number of carbonyl (C=O) groups is 1. The van der Waals surface area contributed by atoms with Crippen molar-refractivity contribution >= 4 is 21.7 Å². The molecule has 0 saturated heterocycles. The van der Waals surface area contributed by atoms with Crippen molar-refractivity contribution in [2.75, 3.05) is 10.5 Å². The van der Waals surface area contributed by atoms with Gasteiger partial charge in [-0.25, -0.2) is 8.42 Å². The lowest BCUT2D eigenvalue weighted by atomic mass is 10.3. The van der Waals surface area contributed by atoms with Crippen molar-refractivity contribution in [3.63, 3.8) is 0 Å². The molecule has 0 atom stereocenters. The molecule has 106 valence electrons. The zero-order valence-electron chi connectivity index (χ0n) is 9.55. The van der Waals surface area contributed by atoms with Crippen LogP contribution < -0.4 is 9.46 Å². The van der Waals surface area contributed by atoms with Crippen LogP contribution >= 0.6 is 0 Å². The van der Waals surface area contributed by atoms with Gasteiger partial charge >= 0.3 is 12.6 Å². The van der Waals surface area contributed by atoms with Crippen molar-refractivity contribution in [2.24, 2.45) is 0 Å². The number of carboxylic acid groups (broad SMARTS) is 1.